The van der Waals surface area contributed by atoms with Crippen molar-refractivity contribution in [3.05, 3.63) is 48.7 Å². The molecule has 0 saturated carbocycles. The molecule has 126 valence electrons. The van der Waals surface area contributed by atoms with Gasteiger partial charge in [-0.15, -0.1) is 0 Å². The van der Waals surface area contributed by atoms with Crippen LogP contribution in [0.15, 0.2) is 47.8 Å². The van der Waals surface area contributed by atoms with E-state index >= 15 is 0 Å². The highest BCUT2D eigenvalue weighted by Gasteiger charge is 2.44. The third-order valence-electron chi connectivity index (χ3n) is 4.78. The van der Waals surface area contributed by atoms with Crippen molar-refractivity contribution in [1.82, 2.24) is 14.3 Å². The van der Waals surface area contributed by atoms with E-state index in [1.807, 2.05) is 4.90 Å². The highest BCUT2D eigenvalue weighted by Crippen LogP contribution is 2.36. The molecule has 24 heavy (non-hydrogen) atoms. The van der Waals surface area contributed by atoms with Crippen molar-refractivity contribution in [2.24, 2.45) is 11.8 Å². The molecule has 1 aromatic carbocycles. The monoisotopic (exact) mass is 348 g/mol. The van der Waals surface area contributed by atoms with Crippen molar-refractivity contribution >= 4 is 15.8 Å². The van der Waals surface area contributed by atoms with Gasteiger partial charge >= 0.3 is 0 Å². The summed E-state index contributed by atoms with van der Waals surface area (Å²) in [5, 5.41) is 0. The molecule has 0 bridgehead atoms. The van der Waals surface area contributed by atoms with Crippen molar-refractivity contribution in [2.75, 3.05) is 31.1 Å². The van der Waals surface area contributed by atoms with E-state index in [1.165, 1.54) is 6.33 Å². The molecule has 2 fully saturated rings. The number of anilines is 1. The molecule has 1 aromatic heterocycles. The lowest BCUT2D eigenvalue weighted by molar-refractivity contribution is 0.452. The first-order chi connectivity index (χ1) is 11.6. The zero-order chi connectivity index (χ0) is 16.7. The number of rotatable bonds is 3. The fourth-order valence-corrected chi connectivity index (χ4v) is 5.17. The van der Waals surface area contributed by atoms with Crippen LogP contribution in [0.3, 0.4) is 0 Å². The fraction of sp³-hybridized carbons (Fsp3) is 0.375. The Bertz CT molecular complexity index is 832. The molecule has 0 aliphatic carbocycles. The first-order valence-corrected chi connectivity index (χ1v) is 9.25. The molecule has 8 heteroatoms. The molecule has 2 unspecified atom stereocenters. The van der Waals surface area contributed by atoms with E-state index in [0.717, 1.165) is 6.20 Å². The van der Waals surface area contributed by atoms with Crippen molar-refractivity contribution < 1.29 is 12.8 Å². The standard InChI is InChI=1S/C16H17FN4O2S/c17-15-6-18-11-19-16(15)20-7-12-9-21(10-13(12)8-20)24(22,23)14-4-2-1-3-5-14/h1-6,11-13H,7-10H2. The van der Waals surface area contributed by atoms with Crippen LogP contribution >= 0.6 is 0 Å². The fourth-order valence-electron chi connectivity index (χ4n) is 3.60. The van der Waals surface area contributed by atoms with Gasteiger partial charge in [0.25, 0.3) is 0 Å². The summed E-state index contributed by atoms with van der Waals surface area (Å²) in [5.41, 5.74) is 0. The third-order valence-corrected chi connectivity index (χ3v) is 6.63. The minimum Gasteiger partial charge on any atom is -0.353 e. The van der Waals surface area contributed by atoms with Crippen LogP contribution in [-0.4, -0.2) is 48.9 Å². The highest BCUT2D eigenvalue weighted by molar-refractivity contribution is 7.89. The van der Waals surface area contributed by atoms with Crippen LogP contribution in [-0.2, 0) is 10.0 Å². The van der Waals surface area contributed by atoms with Gasteiger partial charge in [0.15, 0.2) is 11.6 Å². The van der Waals surface area contributed by atoms with Gasteiger partial charge in [0.05, 0.1) is 11.1 Å². The second kappa shape index (κ2) is 5.78. The van der Waals surface area contributed by atoms with E-state index in [4.69, 9.17) is 0 Å². The number of fused-ring (bicyclic) bond motifs is 1. The maximum Gasteiger partial charge on any atom is 0.243 e. The normalized spacial score (nSPS) is 24.3. The van der Waals surface area contributed by atoms with Crippen LogP contribution < -0.4 is 4.90 Å². The summed E-state index contributed by atoms with van der Waals surface area (Å²) in [5.74, 6) is 0.249. The molecule has 3 heterocycles. The summed E-state index contributed by atoms with van der Waals surface area (Å²) in [6.45, 7) is 2.15. The quantitative estimate of drug-likeness (QED) is 0.838. The topological polar surface area (TPSA) is 66.4 Å². The van der Waals surface area contributed by atoms with E-state index in [1.54, 1.807) is 34.6 Å². The number of halogens is 1. The second-order valence-corrected chi connectivity index (χ2v) is 8.19. The molecule has 2 aromatic rings. The van der Waals surface area contributed by atoms with E-state index in [-0.39, 0.29) is 11.8 Å². The molecule has 6 nitrogen and oxygen atoms in total. The Morgan fingerprint density at radius 1 is 1.04 bits per heavy atom. The number of aromatic nitrogens is 2. The lowest BCUT2D eigenvalue weighted by Crippen LogP contribution is -2.33. The molecule has 2 atom stereocenters. The lowest BCUT2D eigenvalue weighted by atomic mass is 10.0. The zero-order valence-electron chi connectivity index (χ0n) is 12.9. The van der Waals surface area contributed by atoms with Crippen molar-refractivity contribution in [3.63, 3.8) is 0 Å². The number of hydrogen-bond donors (Lipinski definition) is 0. The van der Waals surface area contributed by atoms with Crippen molar-refractivity contribution in [1.29, 1.82) is 0 Å². The Hall–Kier alpha value is -2.06. The minimum atomic E-state index is -3.46. The number of nitrogens with zero attached hydrogens (tertiary/aromatic N) is 4. The molecule has 2 aliphatic rings. The SMILES string of the molecule is O=S(=O)(c1ccccc1)N1CC2CN(c3ncncc3F)CC2C1. The predicted molar refractivity (Wildman–Crippen MR) is 86.4 cm³/mol. The molecule has 0 spiro atoms. The first kappa shape index (κ1) is 15.5. The van der Waals surface area contributed by atoms with Crippen molar-refractivity contribution in [3.8, 4) is 0 Å². The van der Waals surface area contributed by atoms with Gasteiger partial charge in [0.1, 0.15) is 6.33 Å². The Morgan fingerprint density at radius 3 is 2.33 bits per heavy atom. The van der Waals surface area contributed by atoms with Crippen molar-refractivity contribution in [2.45, 2.75) is 4.90 Å². The molecule has 4 rings (SSSR count). The summed E-state index contributed by atoms with van der Waals surface area (Å²) >= 11 is 0. The maximum atomic E-state index is 13.8. The van der Waals surface area contributed by atoms with Crippen LogP contribution in [0, 0.1) is 17.7 Å². The van der Waals surface area contributed by atoms with E-state index in [0.29, 0.717) is 36.9 Å². The summed E-state index contributed by atoms with van der Waals surface area (Å²) in [6.07, 6.45) is 2.49. The Kier molecular flexibility index (Phi) is 3.73. The second-order valence-electron chi connectivity index (χ2n) is 6.25. The Labute approximate surface area is 140 Å². The van der Waals surface area contributed by atoms with Gasteiger partial charge in [0, 0.05) is 26.2 Å². The molecule has 2 aliphatic heterocycles. The van der Waals surface area contributed by atoms with Gasteiger partial charge in [-0.05, 0) is 24.0 Å². The molecule has 0 N–H and O–H groups in total. The largest absolute Gasteiger partial charge is 0.353 e. The van der Waals surface area contributed by atoms with E-state index in [2.05, 4.69) is 9.97 Å². The molecule has 0 radical (unpaired) electrons. The average Bonchev–Trinajstić information content (AvgIpc) is 3.15. The molecule has 2 saturated heterocycles. The van der Waals surface area contributed by atoms with Crippen LogP contribution in [0.4, 0.5) is 10.2 Å². The zero-order valence-corrected chi connectivity index (χ0v) is 13.7. The lowest BCUT2D eigenvalue weighted by Gasteiger charge is -2.22. The van der Waals surface area contributed by atoms with E-state index in [9.17, 15) is 12.8 Å². The molecular weight excluding hydrogens is 331 g/mol. The van der Waals surface area contributed by atoms with Gasteiger partial charge in [-0.25, -0.2) is 22.8 Å². The van der Waals surface area contributed by atoms with Gasteiger partial charge in [-0.1, -0.05) is 18.2 Å². The van der Waals surface area contributed by atoms with Crippen LogP contribution in [0.25, 0.3) is 0 Å². The maximum absolute atomic E-state index is 13.8. The van der Waals surface area contributed by atoms with Gasteiger partial charge in [-0.2, -0.15) is 4.31 Å². The molecular formula is C16H17FN4O2S. The van der Waals surface area contributed by atoms with Gasteiger partial charge in [-0.3, -0.25) is 0 Å². The van der Waals surface area contributed by atoms with Crippen LogP contribution in [0.1, 0.15) is 0 Å². The van der Waals surface area contributed by atoms with Gasteiger partial charge in [0.2, 0.25) is 10.0 Å². The van der Waals surface area contributed by atoms with E-state index < -0.39 is 15.8 Å². The summed E-state index contributed by atoms with van der Waals surface area (Å²) in [4.78, 5) is 9.89. The first-order valence-electron chi connectivity index (χ1n) is 7.81. The predicted octanol–water partition coefficient (Wildman–Crippen LogP) is 1.37. The van der Waals surface area contributed by atoms with Gasteiger partial charge < -0.3 is 4.90 Å². The number of sulfonamides is 1. The van der Waals surface area contributed by atoms with Crippen LogP contribution in [0.2, 0.25) is 0 Å². The molecule has 0 amide bonds. The Morgan fingerprint density at radius 2 is 1.71 bits per heavy atom. The average molecular weight is 348 g/mol. The summed E-state index contributed by atoms with van der Waals surface area (Å²) < 4.78 is 40.8. The highest BCUT2D eigenvalue weighted by atomic mass is 32.2. The Balaban J connectivity index is 1.50. The summed E-state index contributed by atoms with van der Waals surface area (Å²) in [7, 11) is -3.46. The summed E-state index contributed by atoms with van der Waals surface area (Å²) in [6, 6.07) is 8.48. The minimum absolute atomic E-state index is 0.192. The van der Waals surface area contributed by atoms with Crippen LogP contribution in [0.5, 0.6) is 0 Å². The number of hydrogen-bond acceptors (Lipinski definition) is 5. The number of benzene rings is 1. The third kappa shape index (κ3) is 2.55. The smallest absolute Gasteiger partial charge is 0.243 e.